The number of hydrogen-bond acceptors (Lipinski definition) is 2. The van der Waals surface area contributed by atoms with E-state index in [0.717, 1.165) is 16.6 Å². The number of benzene rings is 1. The quantitative estimate of drug-likeness (QED) is 0.537. The van der Waals surface area contributed by atoms with E-state index in [1.54, 1.807) is 0 Å². The monoisotopic (exact) mass is 219 g/mol. The van der Waals surface area contributed by atoms with Gasteiger partial charge in [0.2, 0.25) is 0 Å². The number of thiol groups is 1. The molecule has 1 aromatic heterocycles. The molecule has 0 unspecified atom stereocenters. The maximum Gasteiger partial charge on any atom is 0.341 e. The fourth-order valence-electron chi connectivity index (χ4n) is 1.38. The molecular formula is C11H9NO2S. The maximum atomic E-state index is 10.6. The van der Waals surface area contributed by atoms with E-state index in [1.807, 2.05) is 30.3 Å². The molecular weight excluding hydrogens is 210 g/mol. The lowest BCUT2D eigenvalue weighted by Gasteiger charge is -1.89. The number of carboxylic acids is 1. The van der Waals surface area contributed by atoms with Crippen LogP contribution in [0.1, 0.15) is 5.69 Å². The Morgan fingerprint density at radius 1 is 1.40 bits per heavy atom. The van der Waals surface area contributed by atoms with Crippen LogP contribution in [0.25, 0.3) is 17.0 Å². The Morgan fingerprint density at radius 3 is 2.80 bits per heavy atom. The van der Waals surface area contributed by atoms with Crippen molar-refractivity contribution in [2.45, 2.75) is 0 Å². The fraction of sp³-hybridized carbons (Fsp3) is 0. The molecule has 0 amide bonds. The SMILES string of the molecule is O=C(O)/C(S)=C\c1cc2ccccc2[nH]1. The molecule has 1 heterocycles. The first-order chi connectivity index (χ1) is 7.16. The number of aromatic amines is 1. The van der Waals surface area contributed by atoms with Crippen molar-refractivity contribution in [3.8, 4) is 0 Å². The van der Waals surface area contributed by atoms with E-state index in [1.165, 1.54) is 6.08 Å². The molecule has 0 saturated carbocycles. The minimum atomic E-state index is -1.03. The molecule has 0 fully saturated rings. The maximum absolute atomic E-state index is 10.6. The number of aliphatic carboxylic acids is 1. The second-order valence-electron chi connectivity index (χ2n) is 3.15. The zero-order valence-electron chi connectivity index (χ0n) is 7.77. The first kappa shape index (κ1) is 9.86. The second-order valence-corrected chi connectivity index (χ2v) is 3.63. The predicted molar refractivity (Wildman–Crippen MR) is 62.9 cm³/mol. The molecule has 0 bridgehead atoms. The lowest BCUT2D eigenvalue weighted by molar-refractivity contribution is -0.131. The van der Waals surface area contributed by atoms with Gasteiger partial charge in [-0.25, -0.2) is 4.79 Å². The summed E-state index contributed by atoms with van der Waals surface area (Å²) in [5.74, 6) is -1.03. The van der Waals surface area contributed by atoms with Gasteiger partial charge in [0.1, 0.15) is 0 Å². The van der Waals surface area contributed by atoms with Gasteiger partial charge in [-0.15, -0.1) is 12.6 Å². The van der Waals surface area contributed by atoms with Crippen molar-refractivity contribution < 1.29 is 9.90 Å². The molecule has 3 nitrogen and oxygen atoms in total. The van der Waals surface area contributed by atoms with Crippen LogP contribution in [-0.4, -0.2) is 16.1 Å². The van der Waals surface area contributed by atoms with E-state index >= 15 is 0 Å². The Bertz CT molecular complexity index is 509. The highest BCUT2D eigenvalue weighted by molar-refractivity contribution is 7.85. The van der Waals surface area contributed by atoms with Crippen LogP contribution in [0.4, 0.5) is 0 Å². The summed E-state index contributed by atoms with van der Waals surface area (Å²) in [6.07, 6.45) is 1.49. The van der Waals surface area contributed by atoms with Gasteiger partial charge in [-0.1, -0.05) is 18.2 Å². The van der Waals surface area contributed by atoms with E-state index in [0.29, 0.717) is 0 Å². The number of hydrogen-bond donors (Lipinski definition) is 3. The molecule has 0 spiro atoms. The van der Waals surface area contributed by atoms with Gasteiger partial charge in [-0.2, -0.15) is 0 Å². The Kier molecular flexibility index (Phi) is 2.51. The third kappa shape index (κ3) is 2.05. The summed E-state index contributed by atoms with van der Waals surface area (Å²) in [4.78, 5) is 13.7. The number of fused-ring (bicyclic) bond motifs is 1. The summed E-state index contributed by atoms with van der Waals surface area (Å²) in [7, 11) is 0. The standard InChI is InChI=1S/C11H9NO2S/c13-11(14)10(15)6-8-5-7-3-1-2-4-9(7)12-8/h1-6,12,15H,(H,13,14)/b10-6+. The predicted octanol–water partition coefficient (Wildman–Crippen LogP) is 2.52. The Morgan fingerprint density at radius 2 is 2.13 bits per heavy atom. The van der Waals surface area contributed by atoms with Crippen LogP contribution in [0, 0.1) is 0 Å². The number of nitrogens with one attached hydrogen (secondary N) is 1. The number of aromatic nitrogens is 1. The van der Waals surface area contributed by atoms with E-state index in [9.17, 15) is 4.79 Å². The highest BCUT2D eigenvalue weighted by Crippen LogP contribution is 2.17. The van der Waals surface area contributed by atoms with Crippen LogP contribution in [-0.2, 0) is 4.79 Å². The summed E-state index contributed by atoms with van der Waals surface area (Å²) < 4.78 is 0. The third-order valence-corrected chi connectivity index (χ3v) is 2.38. The van der Waals surface area contributed by atoms with Crippen molar-refractivity contribution in [1.82, 2.24) is 4.98 Å². The van der Waals surface area contributed by atoms with Gasteiger partial charge < -0.3 is 10.1 Å². The van der Waals surface area contributed by atoms with E-state index < -0.39 is 5.97 Å². The van der Waals surface area contributed by atoms with Gasteiger partial charge in [0, 0.05) is 11.2 Å². The normalized spacial score (nSPS) is 11.9. The number of rotatable bonds is 2. The summed E-state index contributed by atoms with van der Waals surface area (Å²) in [6, 6.07) is 9.63. The molecule has 76 valence electrons. The van der Waals surface area contributed by atoms with E-state index in [-0.39, 0.29) is 4.91 Å². The Balaban J connectivity index is 2.46. The van der Waals surface area contributed by atoms with Crippen LogP contribution in [0.15, 0.2) is 35.2 Å². The van der Waals surface area contributed by atoms with Crippen LogP contribution < -0.4 is 0 Å². The molecule has 0 aliphatic carbocycles. The van der Waals surface area contributed by atoms with E-state index in [4.69, 9.17) is 5.11 Å². The van der Waals surface area contributed by atoms with Gasteiger partial charge >= 0.3 is 5.97 Å². The zero-order chi connectivity index (χ0) is 10.8. The van der Waals surface area contributed by atoms with Crippen molar-refractivity contribution in [2.24, 2.45) is 0 Å². The molecule has 2 N–H and O–H groups in total. The van der Waals surface area contributed by atoms with Gasteiger partial charge in [0.05, 0.1) is 4.91 Å². The number of para-hydroxylation sites is 1. The molecule has 15 heavy (non-hydrogen) atoms. The molecule has 4 heteroatoms. The molecule has 1 aromatic carbocycles. The molecule has 2 aromatic rings. The molecule has 2 rings (SSSR count). The van der Waals surface area contributed by atoms with Crippen molar-refractivity contribution in [3.63, 3.8) is 0 Å². The summed E-state index contributed by atoms with van der Waals surface area (Å²) >= 11 is 3.86. The van der Waals surface area contributed by atoms with E-state index in [2.05, 4.69) is 17.6 Å². The highest BCUT2D eigenvalue weighted by Gasteiger charge is 2.03. The van der Waals surface area contributed by atoms with Crippen molar-refractivity contribution >= 4 is 35.6 Å². The smallest absolute Gasteiger partial charge is 0.341 e. The van der Waals surface area contributed by atoms with Crippen molar-refractivity contribution in [3.05, 3.63) is 40.9 Å². The van der Waals surface area contributed by atoms with Crippen LogP contribution in [0.2, 0.25) is 0 Å². The Hall–Kier alpha value is -1.68. The van der Waals surface area contributed by atoms with Crippen LogP contribution in [0.3, 0.4) is 0 Å². The molecule has 0 radical (unpaired) electrons. The minimum absolute atomic E-state index is 0.0153. The fourth-order valence-corrected chi connectivity index (χ4v) is 1.52. The molecule has 0 aliphatic rings. The lowest BCUT2D eigenvalue weighted by atomic mass is 10.2. The van der Waals surface area contributed by atoms with Gasteiger partial charge in [-0.05, 0) is 23.6 Å². The van der Waals surface area contributed by atoms with Gasteiger partial charge in [0.25, 0.3) is 0 Å². The number of carboxylic acid groups (broad SMARTS) is 1. The number of carbonyl (C=O) groups is 1. The summed E-state index contributed by atoms with van der Waals surface area (Å²) in [6.45, 7) is 0. The zero-order valence-corrected chi connectivity index (χ0v) is 8.66. The Labute approximate surface area is 91.8 Å². The van der Waals surface area contributed by atoms with Crippen molar-refractivity contribution in [2.75, 3.05) is 0 Å². The first-order valence-corrected chi connectivity index (χ1v) is 4.83. The highest BCUT2D eigenvalue weighted by atomic mass is 32.1. The van der Waals surface area contributed by atoms with Gasteiger partial charge in [0.15, 0.2) is 0 Å². The summed E-state index contributed by atoms with van der Waals surface area (Å²) in [5, 5.41) is 9.71. The largest absolute Gasteiger partial charge is 0.477 e. The van der Waals surface area contributed by atoms with Crippen LogP contribution in [0.5, 0.6) is 0 Å². The molecule has 0 atom stereocenters. The number of H-pyrrole nitrogens is 1. The first-order valence-electron chi connectivity index (χ1n) is 4.38. The van der Waals surface area contributed by atoms with Gasteiger partial charge in [-0.3, -0.25) is 0 Å². The second kappa shape index (κ2) is 3.82. The van der Waals surface area contributed by atoms with Crippen molar-refractivity contribution in [1.29, 1.82) is 0 Å². The molecule has 0 saturated heterocycles. The summed E-state index contributed by atoms with van der Waals surface area (Å²) in [5.41, 5.74) is 1.72. The minimum Gasteiger partial charge on any atom is -0.477 e. The topological polar surface area (TPSA) is 53.1 Å². The molecule has 0 aliphatic heterocycles. The lowest BCUT2D eigenvalue weighted by Crippen LogP contribution is -1.93. The van der Waals surface area contributed by atoms with Crippen LogP contribution >= 0.6 is 12.6 Å². The average molecular weight is 219 g/mol. The average Bonchev–Trinajstić information content (AvgIpc) is 2.59. The third-order valence-electron chi connectivity index (χ3n) is 2.06.